The maximum absolute atomic E-state index is 6.03. The maximum Gasteiger partial charge on any atom is 0.0403 e. The first-order chi connectivity index (χ1) is 9.63. The molecule has 1 heterocycles. The van der Waals surface area contributed by atoms with E-state index in [1.165, 1.54) is 24.8 Å². The fourth-order valence-corrected chi connectivity index (χ4v) is 3.22. The lowest BCUT2D eigenvalue weighted by Crippen LogP contribution is -2.58. The molecule has 4 atom stereocenters. The summed E-state index contributed by atoms with van der Waals surface area (Å²) in [6.07, 6.45) is 3.88. The summed E-state index contributed by atoms with van der Waals surface area (Å²) in [5.41, 5.74) is 11.1. The van der Waals surface area contributed by atoms with Gasteiger partial charge >= 0.3 is 0 Å². The zero-order valence-corrected chi connectivity index (χ0v) is 13.0. The molecule has 1 aliphatic rings. The lowest BCUT2D eigenvalue weighted by molar-refractivity contribution is 0.0270. The summed E-state index contributed by atoms with van der Waals surface area (Å²) in [6, 6.07) is 12.1. The second-order valence-electron chi connectivity index (χ2n) is 6.21. The monoisotopic (exact) mass is 275 g/mol. The van der Waals surface area contributed by atoms with Crippen molar-refractivity contribution < 1.29 is 0 Å². The van der Waals surface area contributed by atoms with Crippen LogP contribution in [0.4, 0.5) is 0 Å². The van der Waals surface area contributed by atoms with E-state index in [9.17, 15) is 0 Å². The predicted molar refractivity (Wildman–Crippen MR) is 85.4 cm³/mol. The Kier molecular flexibility index (Phi) is 5.58. The first-order valence-electron chi connectivity index (χ1n) is 7.93. The highest BCUT2D eigenvalue weighted by Gasteiger charge is 2.28. The van der Waals surface area contributed by atoms with Gasteiger partial charge in [-0.05, 0) is 38.2 Å². The largest absolute Gasteiger partial charge is 0.329 e. The molecule has 1 aromatic carbocycles. The Hall–Kier alpha value is -0.900. The molecule has 3 nitrogen and oxygen atoms in total. The van der Waals surface area contributed by atoms with Crippen LogP contribution in [-0.4, -0.2) is 29.7 Å². The molecule has 0 bridgehead atoms. The summed E-state index contributed by atoms with van der Waals surface area (Å²) < 4.78 is 0. The quantitative estimate of drug-likeness (QED) is 0.868. The minimum atomic E-state index is 0.292. The van der Waals surface area contributed by atoms with Gasteiger partial charge in [-0.2, -0.15) is 0 Å². The van der Waals surface area contributed by atoms with Gasteiger partial charge in [-0.15, -0.1) is 0 Å². The van der Waals surface area contributed by atoms with E-state index in [0.29, 0.717) is 30.6 Å². The Morgan fingerprint density at radius 3 is 2.35 bits per heavy atom. The fraction of sp³-hybridized carbons (Fsp3) is 0.647. The number of nitrogens with one attached hydrogen (secondary N) is 1. The van der Waals surface area contributed by atoms with Crippen molar-refractivity contribution in [2.75, 3.05) is 6.54 Å². The van der Waals surface area contributed by atoms with E-state index in [-0.39, 0.29) is 0 Å². The third kappa shape index (κ3) is 3.60. The Morgan fingerprint density at radius 2 is 1.80 bits per heavy atom. The number of nitrogens with zero attached hydrogens (tertiary/aromatic N) is 1. The summed E-state index contributed by atoms with van der Waals surface area (Å²) in [5.74, 6) is 0.419. The highest BCUT2D eigenvalue weighted by atomic mass is 15.5. The average molecular weight is 275 g/mol. The molecule has 1 aromatic rings. The molecule has 112 valence electrons. The first-order valence-corrected chi connectivity index (χ1v) is 7.93. The van der Waals surface area contributed by atoms with Gasteiger partial charge in [0.1, 0.15) is 0 Å². The third-order valence-electron chi connectivity index (χ3n) is 4.69. The van der Waals surface area contributed by atoms with Crippen LogP contribution in [0.5, 0.6) is 0 Å². The summed E-state index contributed by atoms with van der Waals surface area (Å²) in [5, 5.41) is 2.43. The zero-order valence-electron chi connectivity index (χ0n) is 13.0. The molecular weight excluding hydrogens is 246 g/mol. The van der Waals surface area contributed by atoms with E-state index in [1.54, 1.807) is 0 Å². The minimum absolute atomic E-state index is 0.292. The van der Waals surface area contributed by atoms with E-state index >= 15 is 0 Å². The molecule has 0 spiro atoms. The van der Waals surface area contributed by atoms with Crippen molar-refractivity contribution in [1.82, 2.24) is 10.4 Å². The molecular formula is C17H29N3. The molecule has 0 radical (unpaired) electrons. The molecule has 4 unspecified atom stereocenters. The van der Waals surface area contributed by atoms with Crippen molar-refractivity contribution in [3.05, 3.63) is 35.9 Å². The van der Waals surface area contributed by atoms with Crippen LogP contribution in [-0.2, 0) is 0 Å². The van der Waals surface area contributed by atoms with E-state index in [0.717, 1.165) is 0 Å². The average Bonchev–Trinajstić information content (AvgIpc) is 2.47. The fourth-order valence-electron chi connectivity index (χ4n) is 3.22. The maximum atomic E-state index is 6.03. The Labute approximate surface area is 123 Å². The Bertz CT molecular complexity index is 382. The molecule has 2 rings (SSSR count). The Morgan fingerprint density at radius 1 is 1.20 bits per heavy atom. The zero-order chi connectivity index (χ0) is 14.5. The number of benzene rings is 1. The van der Waals surface area contributed by atoms with Crippen LogP contribution in [0.2, 0.25) is 0 Å². The van der Waals surface area contributed by atoms with Gasteiger partial charge in [-0.25, -0.2) is 10.4 Å². The molecule has 0 aromatic heterocycles. The predicted octanol–water partition coefficient (Wildman–Crippen LogP) is 2.88. The lowest BCUT2D eigenvalue weighted by atomic mass is 9.93. The second kappa shape index (κ2) is 7.21. The molecule has 3 N–H and O–H groups in total. The number of hydrogen-bond donors (Lipinski definition) is 2. The van der Waals surface area contributed by atoms with Gasteiger partial charge in [-0.1, -0.05) is 43.7 Å². The van der Waals surface area contributed by atoms with Crippen molar-refractivity contribution in [3.63, 3.8) is 0 Å². The van der Waals surface area contributed by atoms with Crippen LogP contribution < -0.4 is 11.2 Å². The Balaban J connectivity index is 2.04. The van der Waals surface area contributed by atoms with Crippen LogP contribution in [0.25, 0.3) is 0 Å². The molecule has 1 fully saturated rings. The third-order valence-corrected chi connectivity index (χ3v) is 4.69. The molecule has 0 amide bonds. The van der Waals surface area contributed by atoms with E-state index in [2.05, 4.69) is 61.5 Å². The van der Waals surface area contributed by atoms with Gasteiger partial charge in [0.25, 0.3) is 0 Å². The number of rotatable bonds is 5. The van der Waals surface area contributed by atoms with Crippen molar-refractivity contribution in [2.24, 2.45) is 5.73 Å². The second-order valence-corrected chi connectivity index (χ2v) is 6.21. The van der Waals surface area contributed by atoms with Crippen molar-refractivity contribution in [1.29, 1.82) is 0 Å². The van der Waals surface area contributed by atoms with Crippen molar-refractivity contribution >= 4 is 0 Å². The SMILES string of the molecule is CC(c1ccccc1)C(CN)NN1C(C)CCCC1C. The normalized spacial score (nSPS) is 27.2. The van der Waals surface area contributed by atoms with Crippen LogP contribution in [0.3, 0.4) is 0 Å². The van der Waals surface area contributed by atoms with Crippen LogP contribution in [0.15, 0.2) is 30.3 Å². The molecule has 1 aliphatic heterocycles. The van der Waals surface area contributed by atoms with Gasteiger partial charge in [0.2, 0.25) is 0 Å². The van der Waals surface area contributed by atoms with Crippen molar-refractivity contribution in [3.8, 4) is 0 Å². The molecule has 3 heteroatoms. The highest BCUT2D eigenvalue weighted by Crippen LogP contribution is 2.24. The van der Waals surface area contributed by atoms with Gasteiger partial charge in [0, 0.05) is 24.7 Å². The summed E-state index contributed by atoms with van der Waals surface area (Å²) in [7, 11) is 0. The van der Waals surface area contributed by atoms with Gasteiger partial charge in [-0.3, -0.25) is 0 Å². The minimum Gasteiger partial charge on any atom is -0.329 e. The van der Waals surface area contributed by atoms with Crippen LogP contribution in [0.1, 0.15) is 51.5 Å². The number of hydrazine groups is 1. The number of piperidine rings is 1. The molecule has 20 heavy (non-hydrogen) atoms. The molecule has 1 saturated heterocycles. The number of hydrogen-bond acceptors (Lipinski definition) is 3. The standard InChI is InChI=1S/C17H29N3/c1-13-8-7-9-14(2)20(13)19-17(12-18)15(3)16-10-5-4-6-11-16/h4-6,10-11,13-15,17,19H,7-9,12,18H2,1-3H3. The van der Waals surface area contributed by atoms with E-state index in [4.69, 9.17) is 5.73 Å². The van der Waals surface area contributed by atoms with E-state index < -0.39 is 0 Å². The van der Waals surface area contributed by atoms with Crippen LogP contribution in [0, 0.1) is 0 Å². The van der Waals surface area contributed by atoms with E-state index in [1.807, 2.05) is 0 Å². The van der Waals surface area contributed by atoms with Crippen molar-refractivity contribution in [2.45, 2.75) is 64.1 Å². The molecule has 0 saturated carbocycles. The first kappa shape index (κ1) is 15.5. The summed E-state index contributed by atoms with van der Waals surface area (Å²) in [6.45, 7) is 7.54. The highest BCUT2D eigenvalue weighted by molar-refractivity contribution is 5.20. The molecule has 0 aliphatic carbocycles. The number of nitrogens with two attached hydrogens (primary N) is 1. The lowest BCUT2D eigenvalue weighted by Gasteiger charge is -2.42. The topological polar surface area (TPSA) is 41.3 Å². The van der Waals surface area contributed by atoms with Crippen LogP contribution >= 0.6 is 0 Å². The summed E-state index contributed by atoms with van der Waals surface area (Å²) in [4.78, 5) is 0. The van der Waals surface area contributed by atoms with Gasteiger partial charge in [0.05, 0.1) is 0 Å². The summed E-state index contributed by atoms with van der Waals surface area (Å²) >= 11 is 0. The van der Waals surface area contributed by atoms with Gasteiger partial charge in [0.15, 0.2) is 0 Å². The smallest absolute Gasteiger partial charge is 0.0403 e. The van der Waals surface area contributed by atoms with Gasteiger partial charge < -0.3 is 5.73 Å².